The van der Waals surface area contributed by atoms with Gasteiger partial charge in [0.25, 0.3) is 0 Å². The third-order valence-corrected chi connectivity index (χ3v) is 3.09. The lowest BCUT2D eigenvalue weighted by molar-refractivity contribution is 0.131. The topological polar surface area (TPSA) is 18.5 Å². The molecule has 1 aliphatic rings. The van der Waals surface area contributed by atoms with E-state index in [1.54, 1.807) is 0 Å². The van der Waals surface area contributed by atoms with Crippen LogP contribution in [0.3, 0.4) is 0 Å². The minimum Gasteiger partial charge on any atom is -0.291 e. The summed E-state index contributed by atoms with van der Waals surface area (Å²) in [4.78, 5) is 2.41. The highest BCUT2D eigenvalue weighted by Crippen LogP contribution is 2.07. The maximum atomic E-state index is 4.34. The zero-order valence-electron chi connectivity index (χ0n) is 9.91. The number of rotatable bonds is 7. The molecule has 0 bridgehead atoms. The van der Waals surface area contributed by atoms with Gasteiger partial charge >= 0.3 is 0 Å². The van der Waals surface area contributed by atoms with Crippen LogP contribution in [-0.2, 0) is 0 Å². The molecule has 0 spiro atoms. The van der Waals surface area contributed by atoms with E-state index in [1.165, 1.54) is 45.1 Å². The molecular weight excluding hydrogens is 206 g/mol. The van der Waals surface area contributed by atoms with Crippen LogP contribution in [-0.4, -0.2) is 35.8 Å². The van der Waals surface area contributed by atoms with Crippen molar-refractivity contribution in [2.24, 2.45) is 0 Å². The van der Waals surface area contributed by atoms with Crippen molar-refractivity contribution in [3.63, 3.8) is 0 Å². The van der Waals surface area contributed by atoms with Crippen LogP contribution in [0.5, 0.6) is 0 Å². The largest absolute Gasteiger partial charge is 0.291 e. The molecule has 4 heteroatoms. The molecule has 0 saturated carbocycles. The molecule has 0 unspecified atom stereocenters. The van der Waals surface area contributed by atoms with Gasteiger partial charge in [-0.1, -0.05) is 51.8 Å². The van der Waals surface area contributed by atoms with Crippen LogP contribution in [0.1, 0.15) is 45.4 Å². The zero-order valence-corrected chi connectivity index (χ0v) is 10.8. The summed E-state index contributed by atoms with van der Waals surface area (Å²) < 4.78 is 2.01. The van der Waals surface area contributed by atoms with E-state index in [-0.39, 0.29) is 0 Å². The van der Waals surface area contributed by atoms with Crippen molar-refractivity contribution >= 4 is 12.8 Å². The van der Waals surface area contributed by atoms with Gasteiger partial charge in [-0.25, -0.2) is 4.31 Å². The molecule has 90 valence electrons. The van der Waals surface area contributed by atoms with Crippen molar-refractivity contribution in [2.45, 2.75) is 45.4 Å². The second-order valence-electron chi connectivity index (χ2n) is 4.38. The Morgan fingerprint density at radius 2 is 1.80 bits per heavy atom. The lowest BCUT2D eigenvalue weighted by atomic mass is 10.1. The van der Waals surface area contributed by atoms with E-state index in [4.69, 9.17) is 0 Å². The van der Waals surface area contributed by atoms with E-state index in [0.29, 0.717) is 0 Å². The summed E-state index contributed by atoms with van der Waals surface area (Å²) in [6, 6.07) is 0. The average Bonchev–Trinajstić information content (AvgIpc) is 2.23. The van der Waals surface area contributed by atoms with Crippen molar-refractivity contribution in [3.8, 4) is 0 Å². The Hall–Kier alpha value is 0.230. The fraction of sp³-hybridized carbons (Fsp3) is 1.00. The molecule has 3 nitrogen and oxygen atoms in total. The van der Waals surface area contributed by atoms with Gasteiger partial charge in [0.1, 0.15) is 0 Å². The van der Waals surface area contributed by atoms with Crippen LogP contribution in [0.2, 0.25) is 0 Å². The highest BCUT2D eigenvalue weighted by atomic mass is 32.1. The van der Waals surface area contributed by atoms with Gasteiger partial charge in [-0.2, -0.15) is 0 Å². The first-order valence-electron chi connectivity index (χ1n) is 6.20. The minimum absolute atomic E-state index is 0.899. The first kappa shape index (κ1) is 13.3. The van der Waals surface area contributed by atoms with E-state index in [9.17, 15) is 0 Å². The molecule has 1 heterocycles. The molecule has 1 rings (SSSR count). The molecule has 0 amide bonds. The van der Waals surface area contributed by atoms with E-state index in [0.717, 1.165) is 20.0 Å². The summed E-state index contributed by atoms with van der Waals surface area (Å²) >= 11 is 4.34. The average molecular weight is 231 g/mol. The summed E-state index contributed by atoms with van der Waals surface area (Å²) in [7, 11) is 0. The molecule has 0 radical (unpaired) electrons. The van der Waals surface area contributed by atoms with E-state index < -0.39 is 0 Å². The minimum atomic E-state index is 0.899. The lowest BCUT2D eigenvalue weighted by Gasteiger charge is -2.32. The first-order chi connectivity index (χ1) is 7.33. The number of hydrogen-bond acceptors (Lipinski definition) is 4. The summed E-state index contributed by atoms with van der Waals surface area (Å²) in [6.45, 7) is 6.38. The second kappa shape index (κ2) is 8.39. The van der Waals surface area contributed by atoms with E-state index in [2.05, 4.69) is 30.0 Å². The van der Waals surface area contributed by atoms with Gasteiger partial charge < -0.3 is 0 Å². The van der Waals surface area contributed by atoms with Crippen LogP contribution < -0.4 is 5.32 Å². The van der Waals surface area contributed by atoms with Crippen LogP contribution in [0.25, 0.3) is 0 Å². The van der Waals surface area contributed by atoms with Gasteiger partial charge in [-0.15, -0.1) is 0 Å². The Morgan fingerprint density at radius 3 is 2.53 bits per heavy atom. The summed E-state index contributed by atoms with van der Waals surface area (Å²) in [5.74, 6) is 0. The van der Waals surface area contributed by atoms with Crippen LogP contribution in [0, 0.1) is 0 Å². The zero-order chi connectivity index (χ0) is 10.9. The quantitative estimate of drug-likeness (QED) is 0.518. The maximum absolute atomic E-state index is 4.34. The highest BCUT2D eigenvalue weighted by Gasteiger charge is 2.12. The Bertz CT molecular complexity index is 155. The third-order valence-electron chi connectivity index (χ3n) is 2.82. The summed E-state index contributed by atoms with van der Waals surface area (Å²) in [6.07, 6.45) is 8.25. The van der Waals surface area contributed by atoms with Crippen LogP contribution in [0.15, 0.2) is 0 Å². The molecule has 1 aliphatic heterocycles. The molecule has 0 aromatic heterocycles. The number of unbranched alkanes of at least 4 members (excludes halogenated alkanes) is 5. The monoisotopic (exact) mass is 231 g/mol. The van der Waals surface area contributed by atoms with Gasteiger partial charge in [0, 0.05) is 6.54 Å². The predicted molar refractivity (Wildman–Crippen MR) is 68.6 cm³/mol. The molecule has 0 aromatic rings. The SMILES string of the molecule is CCCCCCCCN1CNCN(S)C1. The molecule has 0 aromatic carbocycles. The van der Waals surface area contributed by atoms with Gasteiger partial charge in [-0.3, -0.25) is 10.2 Å². The highest BCUT2D eigenvalue weighted by molar-refractivity contribution is 7.77. The van der Waals surface area contributed by atoms with E-state index in [1.807, 2.05) is 4.31 Å². The molecule has 1 N–H and O–H groups in total. The van der Waals surface area contributed by atoms with Gasteiger partial charge in [0.05, 0.1) is 20.0 Å². The van der Waals surface area contributed by atoms with Crippen molar-refractivity contribution in [3.05, 3.63) is 0 Å². The Kier molecular flexibility index (Phi) is 7.44. The van der Waals surface area contributed by atoms with Crippen LogP contribution >= 0.6 is 12.8 Å². The van der Waals surface area contributed by atoms with Crippen LogP contribution in [0.4, 0.5) is 0 Å². The number of hydrogen-bond donors (Lipinski definition) is 2. The summed E-state index contributed by atoms with van der Waals surface area (Å²) in [5, 5.41) is 3.32. The molecule has 0 atom stereocenters. The third kappa shape index (κ3) is 6.40. The Labute approximate surface area is 99.7 Å². The Balaban J connectivity index is 1.90. The maximum Gasteiger partial charge on any atom is 0.0629 e. The van der Waals surface area contributed by atoms with Gasteiger partial charge in [0.15, 0.2) is 0 Å². The van der Waals surface area contributed by atoms with Gasteiger partial charge in [-0.05, 0) is 6.42 Å². The van der Waals surface area contributed by atoms with Crippen molar-refractivity contribution in [1.29, 1.82) is 0 Å². The number of nitrogens with one attached hydrogen (secondary N) is 1. The lowest BCUT2D eigenvalue weighted by Crippen LogP contribution is -2.49. The molecule has 1 saturated heterocycles. The standard InChI is InChI=1S/C11H25N3S/c1-2-3-4-5-6-7-8-13-9-12-10-14(15)11-13/h12,15H,2-11H2,1H3. The smallest absolute Gasteiger partial charge is 0.0629 e. The first-order valence-corrected chi connectivity index (χ1v) is 6.60. The fourth-order valence-electron chi connectivity index (χ4n) is 1.93. The predicted octanol–water partition coefficient (Wildman–Crippen LogP) is 2.27. The molecular formula is C11H25N3S. The van der Waals surface area contributed by atoms with Gasteiger partial charge in [0.2, 0.25) is 0 Å². The molecule has 1 fully saturated rings. The normalized spacial score (nSPS) is 19.6. The fourth-order valence-corrected chi connectivity index (χ4v) is 2.21. The van der Waals surface area contributed by atoms with Crippen molar-refractivity contribution in [1.82, 2.24) is 14.5 Å². The summed E-state index contributed by atoms with van der Waals surface area (Å²) in [5.41, 5.74) is 0. The van der Waals surface area contributed by atoms with Crippen molar-refractivity contribution in [2.75, 3.05) is 26.6 Å². The number of nitrogens with zero attached hydrogens (tertiary/aromatic N) is 2. The Morgan fingerprint density at radius 1 is 1.07 bits per heavy atom. The van der Waals surface area contributed by atoms with E-state index >= 15 is 0 Å². The molecule has 0 aliphatic carbocycles. The number of thiol groups is 1. The second-order valence-corrected chi connectivity index (χ2v) is 4.94. The van der Waals surface area contributed by atoms with Crippen molar-refractivity contribution < 1.29 is 0 Å². The molecule has 15 heavy (non-hydrogen) atoms.